The lowest BCUT2D eigenvalue weighted by atomic mass is 9.75. The first-order valence-corrected chi connectivity index (χ1v) is 15.6. The van der Waals surface area contributed by atoms with E-state index in [1.54, 1.807) is 0 Å². The van der Waals surface area contributed by atoms with Crippen LogP contribution >= 0.6 is 23.1 Å². The first-order chi connectivity index (χ1) is 17.8. The molecule has 0 saturated carbocycles. The van der Waals surface area contributed by atoms with Crippen molar-refractivity contribution in [2.75, 3.05) is 11.4 Å². The maximum Gasteiger partial charge on any atom is 0.0804 e. The Morgan fingerprint density at radius 3 is 2.51 bits per heavy atom. The molecule has 1 aliphatic carbocycles. The van der Waals surface area contributed by atoms with E-state index in [9.17, 15) is 0 Å². The molecule has 0 saturated heterocycles. The van der Waals surface area contributed by atoms with Gasteiger partial charge < -0.3 is 4.90 Å². The molecule has 0 fully saturated rings. The van der Waals surface area contributed by atoms with Gasteiger partial charge in [-0.15, -0.1) is 11.3 Å². The number of aryl methyl sites for hydroxylation is 3. The molecule has 3 heteroatoms. The second kappa shape index (κ2) is 10.9. The first kappa shape index (κ1) is 26.4. The van der Waals surface area contributed by atoms with Gasteiger partial charge in [0.1, 0.15) is 0 Å². The maximum absolute atomic E-state index is 2.57. The molecule has 2 aromatic carbocycles. The Morgan fingerprint density at radius 2 is 1.73 bits per heavy atom. The van der Waals surface area contributed by atoms with Gasteiger partial charge in [0.05, 0.1) is 10.7 Å². The van der Waals surface area contributed by atoms with Crippen molar-refractivity contribution >= 4 is 44.9 Å². The van der Waals surface area contributed by atoms with Crippen molar-refractivity contribution in [3.05, 3.63) is 86.3 Å². The fourth-order valence-electron chi connectivity index (χ4n) is 5.85. The van der Waals surface area contributed by atoms with Gasteiger partial charge in [-0.05, 0) is 109 Å². The molecule has 0 unspecified atom stereocenters. The van der Waals surface area contributed by atoms with Crippen LogP contribution < -0.4 is 4.90 Å². The third kappa shape index (κ3) is 5.78. The maximum atomic E-state index is 2.57. The number of nitrogens with zero attached hydrogens (tertiary/aromatic N) is 1. The summed E-state index contributed by atoms with van der Waals surface area (Å²) in [6, 6.07) is 13.9. The highest BCUT2D eigenvalue weighted by Gasteiger charge is 2.29. The molecule has 0 radical (unpaired) electrons. The summed E-state index contributed by atoms with van der Waals surface area (Å²) < 4.78 is 1.42. The van der Waals surface area contributed by atoms with Crippen LogP contribution in [0.3, 0.4) is 0 Å². The molecule has 1 nitrogen and oxygen atoms in total. The molecule has 0 bridgehead atoms. The lowest BCUT2D eigenvalue weighted by Crippen LogP contribution is -2.20. The molecular weight excluding hydrogens is 487 g/mol. The smallest absolute Gasteiger partial charge is 0.0804 e. The van der Waals surface area contributed by atoms with E-state index in [0.29, 0.717) is 0 Å². The van der Waals surface area contributed by atoms with Gasteiger partial charge in [-0.3, -0.25) is 0 Å². The SMILES string of the molecule is CCCCCN1/C(=C/C2=CC(=C/c3sc4cc(C)ccc4c3CC)/CC(C)(C)C2)Sc2cc(C)ccc21. The average molecular weight is 528 g/mol. The highest BCUT2D eigenvalue weighted by molar-refractivity contribution is 8.03. The van der Waals surface area contributed by atoms with Gasteiger partial charge in [0.25, 0.3) is 0 Å². The molecule has 2 aliphatic rings. The van der Waals surface area contributed by atoms with Crippen LogP contribution in [0.5, 0.6) is 0 Å². The number of rotatable bonds is 7. The van der Waals surface area contributed by atoms with E-state index >= 15 is 0 Å². The van der Waals surface area contributed by atoms with Crippen molar-refractivity contribution < 1.29 is 0 Å². The fourth-order valence-corrected chi connectivity index (χ4v) is 8.48. The number of unbranched alkanes of at least 4 members (excludes halogenated alkanes) is 2. The van der Waals surface area contributed by atoms with Crippen LogP contribution in [-0.4, -0.2) is 6.54 Å². The van der Waals surface area contributed by atoms with Crippen molar-refractivity contribution in [2.45, 2.75) is 85.0 Å². The number of thioether (sulfide) groups is 1. The van der Waals surface area contributed by atoms with E-state index in [1.807, 2.05) is 23.1 Å². The third-order valence-corrected chi connectivity index (χ3v) is 9.80. The number of hydrogen-bond acceptors (Lipinski definition) is 3. The molecule has 5 rings (SSSR count). The highest BCUT2D eigenvalue weighted by atomic mass is 32.2. The van der Waals surface area contributed by atoms with E-state index in [2.05, 4.69) is 101 Å². The molecule has 3 aromatic rings. The number of allylic oxidation sites excluding steroid dienone is 4. The van der Waals surface area contributed by atoms with Crippen molar-refractivity contribution in [1.82, 2.24) is 0 Å². The van der Waals surface area contributed by atoms with E-state index in [-0.39, 0.29) is 5.41 Å². The summed E-state index contributed by atoms with van der Waals surface area (Å²) in [6.07, 6.45) is 14.6. The molecule has 1 aromatic heterocycles. The lowest BCUT2D eigenvalue weighted by molar-refractivity contribution is 0.356. The Kier molecular flexibility index (Phi) is 7.75. The molecule has 2 heterocycles. The van der Waals surface area contributed by atoms with Crippen LogP contribution in [0.4, 0.5) is 5.69 Å². The molecular formula is C34H41NS2. The largest absolute Gasteiger partial charge is 0.335 e. The number of anilines is 1. The standard InChI is InChI=1S/C34H41NS2/c1-7-9-10-15-35-29-14-12-24(4)17-32(29)37-33(35)20-26-18-25(21-34(5,6)22-26)19-31-27(8-2)28-13-11-23(3)16-30(28)36-31/h11-14,16-20H,7-10,15,21-22H2,1-6H3/b25-19-,33-20-. The monoisotopic (exact) mass is 527 g/mol. The Hall–Kier alpha value is -2.23. The topological polar surface area (TPSA) is 3.24 Å². The van der Waals surface area contributed by atoms with Crippen molar-refractivity contribution in [3.8, 4) is 0 Å². The Bertz CT molecular complexity index is 1400. The number of hydrogen-bond donors (Lipinski definition) is 0. The van der Waals surface area contributed by atoms with E-state index < -0.39 is 0 Å². The predicted octanol–water partition coefficient (Wildman–Crippen LogP) is 10.9. The van der Waals surface area contributed by atoms with Crippen molar-refractivity contribution in [1.29, 1.82) is 0 Å². The van der Waals surface area contributed by atoms with Gasteiger partial charge in [0.15, 0.2) is 0 Å². The zero-order valence-electron chi connectivity index (χ0n) is 23.4. The van der Waals surface area contributed by atoms with E-state index in [4.69, 9.17) is 0 Å². The lowest BCUT2D eigenvalue weighted by Gasteiger charge is -2.31. The minimum absolute atomic E-state index is 0.256. The number of benzene rings is 2. The minimum Gasteiger partial charge on any atom is -0.335 e. The minimum atomic E-state index is 0.256. The summed E-state index contributed by atoms with van der Waals surface area (Å²) in [5.74, 6) is 0. The summed E-state index contributed by atoms with van der Waals surface area (Å²) >= 11 is 3.92. The molecule has 0 spiro atoms. The molecule has 1 aliphatic heterocycles. The second-order valence-corrected chi connectivity index (χ2v) is 13.8. The summed E-state index contributed by atoms with van der Waals surface area (Å²) in [7, 11) is 0. The summed E-state index contributed by atoms with van der Waals surface area (Å²) in [5, 5.41) is 2.83. The van der Waals surface area contributed by atoms with Gasteiger partial charge in [0, 0.05) is 21.0 Å². The van der Waals surface area contributed by atoms with Crippen molar-refractivity contribution in [3.63, 3.8) is 0 Å². The summed E-state index contributed by atoms with van der Waals surface area (Å²) in [5.41, 5.74) is 8.76. The molecule has 0 N–H and O–H groups in total. The van der Waals surface area contributed by atoms with Crippen LogP contribution in [0.2, 0.25) is 0 Å². The van der Waals surface area contributed by atoms with Crippen LogP contribution in [0.15, 0.2) is 69.6 Å². The predicted molar refractivity (Wildman–Crippen MR) is 167 cm³/mol. The van der Waals surface area contributed by atoms with Gasteiger partial charge in [-0.1, -0.05) is 76.6 Å². The molecule has 0 amide bonds. The average Bonchev–Trinajstić information content (AvgIpc) is 3.33. The molecule has 0 atom stereocenters. The Balaban J connectivity index is 1.52. The molecule has 37 heavy (non-hydrogen) atoms. The first-order valence-electron chi connectivity index (χ1n) is 14.0. The fraction of sp³-hybridized carbons (Fsp3) is 0.412. The van der Waals surface area contributed by atoms with E-state index in [0.717, 1.165) is 25.8 Å². The van der Waals surface area contributed by atoms with Gasteiger partial charge in [-0.2, -0.15) is 0 Å². The summed E-state index contributed by atoms with van der Waals surface area (Å²) in [4.78, 5) is 5.42. The quantitative estimate of drug-likeness (QED) is 0.281. The zero-order chi connectivity index (χ0) is 26.2. The zero-order valence-corrected chi connectivity index (χ0v) is 25.0. The van der Waals surface area contributed by atoms with Crippen LogP contribution in [0, 0.1) is 19.3 Å². The van der Waals surface area contributed by atoms with Crippen LogP contribution in [-0.2, 0) is 6.42 Å². The van der Waals surface area contributed by atoms with Gasteiger partial charge >= 0.3 is 0 Å². The summed E-state index contributed by atoms with van der Waals surface area (Å²) in [6.45, 7) is 14.9. The normalized spacial score (nSPS) is 19.2. The van der Waals surface area contributed by atoms with E-state index in [1.165, 1.54) is 77.7 Å². The number of fused-ring (bicyclic) bond motifs is 2. The Labute approximate surface area is 232 Å². The number of thiophene rings is 1. The van der Waals surface area contributed by atoms with Crippen LogP contribution in [0.1, 0.15) is 81.4 Å². The van der Waals surface area contributed by atoms with Gasteiger partial charge in [0.2, 0.25) is 0 Å². The molecule has 194 valence electrons. The van der Waals surface area contributed by atoms with Crippen LogP contribution in [0.25, 0.3) is 16.2 Å². The Morgan fingerprint density at radius 1 is 0.946 bits per heavy atom. The van der Waals surface area contributed by atoms with Crippen molar-refractivity contribution in [2.24, 2.45) is 5.41 Å². The van der Waals surface area contributed by atoms with Gasteiger partial charge in [-0.25, -0.2) is 0 Å². The second-order valence-electron chi connectivity index (χ2n) is 11.7. The highest BCUT2D eigenvalue weighted by Crippen LogP contribution is 2.48. The third-order valence-electron chi connectivity index (χ3n) is 7.57.